The summed E-state index contributed by atoms with van der Waals surface area (Å²) in [7, 11) is 2.97. The van der Waals surface area contributed by atoms with E-state index in [0.29, 0.717) is 12.2 Å². The molecule has 6 nitrogen and oxygen atoms in total. The van der Waals surface area contributed by atoms with E-state index in [-0.39, 0.29) is 23.3 Å². The van der Waals surface area contributed by atoms with Crippen LogP contribution in [-0.4, -0.2) is 14.2 Å². The summed E-state index contributed by atoms with van der Waals surface area (Å²) in [4.78, 5) is 23.5. The van der Waals surface area contributed by atoms with Gasteiger partial charge in [-0.1, -0.05) is 36.4 Å². The van der Waals surface area contributed by atoms with Crippen molar-refractivity contribution in [2.24, 2.45) is 0 Å². The number of hydrogen-bond donors (Lipinski definition) is 2. The van der Waals surface area contributed by atoms with E-state index in [9.17, 15) is 14.0 Å². The molecule has 7 heteroatoms. The van der Waals surface area contributed by atoms with Crippen molar-refractivity contribution in [3.8, 4) is 11.5 Å². The molecule has 168 valence electrons. The first-order valence-electron chi connectivity index (χ1n) is 10.4. The van der Waals surface area contributed by atoms with Crippen molar-refractivity contribution in [2.75, 3.05) is 19.5 Å². The topological polar surface area (TPSA) is 76.7 Å². The number of halogens is 1. The van der Waals surface area contributed by atoms with Crippen molar-refractivity contribution < 1.29 is 13.9 Å². The zero-order valence-corrected chi connectivity index (χ0v) is 18.2. The van der Waals surface area contributed by atoms with Gasteiger partial charge in [0.2, 0.25) is 0 Å². The predicted octanol–water partition coefficient (Wildman–Crippen LogP) is 4.06. The van der Waals surface area contributed by atoms with Crippen LogP contribution in [0.15, 0.2) is 82.4 Å². The van der Waals surface area contributed by atoms with Crippen LogP contribution in [0, 0.1) is 5.82 Å². The van der Waals surface area contributed by atoms with Gasteiger partial charge in [-0.3, -0.25) is 9.59 Å². The van der Waals surface area contributed by atoms with Gasteiger partial charge >= 0.3 is 0 Å². The summed E-state index contributed by atoms with van der Waals surface area (Å²) in [6.45, 7) is 0.443. The van der Waals surface area contributed by atoms with Gasteiger partial charge in [0.25, 0.3) is 10.9 Å². The number of ether oxygens (including phenoxy) is 2. The maximum Gasteiger partial charge on any atom is 0.272 e. The van der Waals surface area contributed by atoms with Gasteiger partial charge in [-0.15, -0.1) is 0 Å². The third kappa shape index (κ3) is 4.78. The third-order valence-electron chi connectivity index (χ3n) is 5.41. The number of benzene rings is 3. The zero-order valence-electron chi connectivity index (χ0n) is 18.2. The van der Waals surface area contributed by atoms with Crippen LogP contribution < -0.4 is 31.0 Å². The standard InChI is InChI=1S/C26H23FN2O4/c1-32-21-11-9-17(10-12-21)22(28-15-16-5-3-7-19(27)13-16)18-6-4-8-20(14-18)29-23-24(30)25(31)26(23)33-2/h3-14,22,28-29H,15H2,1-2H3. The Hall–Kier alpha value is -3.97. The van der Waals surface area contributed by atoms with Gasteiger partial charge < -0.3 is 20.1 Å². The lowest BCUT2D eigenvalue weighted by Crippen LogP contribution is -2.34. The first kappa shape index (κ1) is 22.2. The summed E-state index contributed by atoms with van der Waals surface area (Å²) in [5, 5.41) is 6.48. The predicted molar refractivity (Wildman–Crippen MR) is 126 cm³/mol. The minimum absolute atomic E-state index is 0.0290. The fourth-order valence-corrected chi connectivity index (χ4v) is 3.71. The number of nitrogens with one attached hydrogen (secondary N) is 2. The smallest absolute Gasteiger partial charge is 0.272 e. The maximum absolute atomic E-state index is 13.6. The van der Waals surface area contributed by atoms with Gasteiger partial charge in [0.05, 0.1) is 20.3 Å². The average molecular weight is 446 g/mol. The molecule has 0 spiro atoms. The summed E-state index contributed by atoms with van der Waals surface area (Å²) in [5.74, 6) is 0.481. The second-order valence-electron chi connectivity index (χ2n) is 7.53. The van der Waals surface area contributed by atoms with E-state index in [4.69, 9.17) is 9.47 Å². The molecule has 33 heavy (non-hydrogen) atoms. The minimum Gasteiger partial charge on any atom is -0.497 e. The molecule has 0 fully saturated rings. The number of methoxy groups -OCH3 is 2. The molecule has 0 aliphatic heterocycles. The van der Waals surface area contributed by atoms with Crippen LogP contribution >= 0.6 is 0 Å². The highest BCUT2D eigenvalue weighted by molar-refractivity contribution is 5.70. The Morgan fingerprint density at radius 1 is 0.848 bits per heavy atom. The molecule has 0 aliphatic rings. The van der Waals surface area contributed by atoms with Crippen molar-refractivity contribution in [1.82, 2.24) is 5.32 Å². The Kier molecular flexibility index (Phi) is 6.51. The normalized spacial score (nSPS) is 11.8. The second-order valence-corrected chi connectivity index (χ2v) is 7.53. The van der Waals surface area contributed by atoms with Crippen molar-refractivity contribution >= 4 is 11.4 Å². The number of hydrogen-bond acceptors (Lipinski definition) is 6. The van der Waals surface area contributed by atoms with E-state index in [2.05, 4.69) is 10.6 Å². The minimum atomic E-state index is -0.635. The van der Waals surface area contributed by atoms with Crippen LogP contribution in [0.3, 0.4) is 0 Å². The van der Waals surface area contributed by atoms with Gasteiger partial charge in [0, 0.05) is 12.2 Å². The first-order valence-corrected chi connectivity index (χ1v) is 10.4. The Bertz CT molecular complexity index is 1330. The van der Waals surface area contributed by atoms with Crippen molar-refractivity contribution in [1.29, 1.82) is 0 Å². The summed E-state index contributed by atoms with van der Waals surface area (Å²) in [5.41, 5.74) is 2.26. The van der Waals surface area contributed by atoms with E-state index in [0.717, 1.165) is 22.4 Å². The van der Waals surface area contributed by atoms with Crippen LogP contribution in [0.1, 0.15) is 22.7 Å². The van der Waals surface area contributed by atoms with Crippen LogP contribution in [0.4, 0.5) is 15.8 Å². The van der Waals surface area contributed by atoms with Gasteiger partial charge in [-0.2, -0.15) is 0 Å². The summed E-state index contributed by atoms with van der Waals surface area (Å²) >= 11 is 0. The van der Waals surface area contributed by atoms with Crippen molar-refractivity contribution in [3.05, 3.63) is 116 Å². The quantitative estimate of drug-likeness (QED) is 0.378. The molecule has 0 saturated carbocycles. The third-order valence-corrected chi connectivity index (χ3v) is 5.41. The van der Waals surface area contributed by atoms with Gasteiger partial charge in [-0.05, 0) is 53.1 Å². The lowest BCUT2D eigenvalue weighted by molar-refractivity contribution is 0.408. The van der Waals surface area contributed by atoms with Crippen LogP contribution in [0.5, 0.6) is 11.5 Å². The lowest BCUT2D eigenvalue weighted by Gasteiger charge is -2.21. The van der Waals surface area contributed by atoms with Crippen molar-refractivity contribution in [3.63, 3.8) is 0 Å². The highest BCUT2D eigenvalue weighted by atomic mass is 19.1. The summed E-state index contributed by atoms with van der Waals surface area (Å²) in [6.07, 6.45) is 0. The fraction of sp³-hybridized carbons (Fsp3) is 0.154. The Balaban J connectivity index is 1.64. The van der Waals surface area contributed by atoms with Gasteiger partial charge in [-0.25, -0.2) is 4.39 Å². The van der Waals surface area contributed by atoms with E-state index in [1.165, 1.54) is 19.2 Å². The number of rotatable bonds is 9. The molecule has 1 atom stereocenters. The molecule has 4 aromatic carbocycles. The molecule has 0 bridgehead atoms. The van der Waals surface area contributed by atoms with Crippen molar-refractivity contribution in [2.45, 2.75) is 12.6 Å². The Labute approximate surface area is 190 Å². The first-order chi connectivity index (χ1) is 16.0. The molecule has 0 aliphatic carbocycles. The van der Waals surface area contributed by atoms with E-state index >= 15 is 0 Å². The molecule has 0 heterocycles. The Morgan fingerprint density at radius 2 is 1.61 bits per heavy atom. The molecule has 0 saturated heterocycles. The van der Waals surface area contributed by atoms with E-state index < -0.39 is 10.9 Å². The largest absolute Gasteiger partial charge is 0.497 e. The monoisotopic (exact) mass is 446 g/mol. The maximum atomic E-state index is 13.6. The molecular formula is C26H23FN2O4. The van der Waals surface area contributed by atoms with E-state index in [1.807, 2.05) is 48.5 Å². The molecule has 4 aromatic rings. The van der Waals surface area contributed by atoms with Crippen LogP contribution in [0.25, 0.3) is 0 Å². The zero-order chi connectivity index (χ0) is 23.4. The summed E-state index contributed by atoms with van der Waals surface area (Å²) in [6, 6.07) is 21.4. The van der Waals surface area contributed by atoms with Gasteiger partial charge in [0.15, 0.2) is 5.75 Å². The van der Waals surface area contributed by atoms with Gasteiger partial charge in [0.1, 0.15) is 17.3 Å². The number of anilines is 2. The second kappa shape index (κ2) is 9.67. The molecule has 0 radical (unpaired) electrons. The average Bonchev–Trinajstić information content (AvgIpc) is 2.84. The highest BCUT2D eigenvalue weighted by Crippen LogP contribution is 2.29. The fourth-order valence-electron chi connectivity index (χ4n) is 3.71. The molecule has 0 amide bonds. The SMILES string of the molecule is COc1ccc(C(NCc2cccc(F)c2)c2cccc(Nc3c(OC)c(=O)c3=O)c2)cc1. The lowest BCUT2D eigenvalue weighted by atomic mass is 9.97. The Morgan fingerprint density at radius 3 is 2.30 bits per heavy atom. The van der Waals surface area contributed by atoms with Crippen LogP contribution in [-0.2, 0) is 6.54 Å². The molecule has 1 unspecified atom stereocenters. The molecule has 4 rings (SSSR count). The summed E-state index contributed by atoms with van der Waals surface area (Å²) < 4.78 is 23.9. The molecule has 2 N–H and O–H groups in total. The highest BCUT2D eigenvalue weighted by Gasteiger charge is 2.22. The van der Waals surface area contributed by atoms with Crippen LogP contribution in [0.2, 0.25) is 0 Å². The molecule has 0 aromatic heterocycles. The van der Waals surface area contributed by atoms with E-state index in [1.54, 1.807) is 19.2 Å². The molecular weight excluding hydrogens is 423 g/mol.